The van der Waals surface area contributed by atoms with Gasteiger partial charge in [-0.2, -0.15) is 0 Å². The Hall–Kier alpha value is -2.50. The second-order valence-corrected chi connectivity index (χ2v) is 6.05. The molecule has 1 heterocycles. The van der Waals surface area contributed by atoms with Gasteiger partial charge in [0.05, 0.1) is 18.8 Å². The van der Waals surface area contributed by atoms with E-state index < -0.39 is 0 Å². The molecule has 0 saturated heterocycles. The third kappa shape index (κ3) is 5.51. The molecule has 1 aromatic carbocycles. The van der Waals surface area contributed by atoms with Gasteiger partial charge in [-0.15, -0.1) is 0 Å². The summed E-state index contributed by atoms with van der Waals surface area (Å²) in [6, 6.07) is 10.0. The third-order valence-electron chi connectivity index (χ3n) is 4.35. The van der Waals surface area contributed by atoms with Gasteiger partial charge in [0.15, 0.2) is 11.7 Å². The van der Waals surface area contributed by atoms with E-state index in [2.05, 4.69) is 34.6 Å². The van der Waals surface area contributed by atoms with E-state index in [4.69, 9.17) is 9.26 Å². The zero-order valence-electron chi connectivity index (χ0n) is 16.2. The molecule has 0 radical (unpaired) electrons. The van der Waals surface area contributed by atoms with Gasteiger partial charge in [-0.1, -0.05) is 37.2 Å². The van der Waals surface area contributed by atoms with E-state index in [0.717, 1.165) is 35.6 Å². The quantitative estimate of drug-likeness (QED) is 0.526. The smallest absolute Gasteiger partial charge is 0.191 e. The highest BCUT2D eigenvalue weighted by molar-refractivity contribution is 5.79. The Labute approximate surface area is 156 Å². The van der Waals surface area contributed by atoms with Crippen molar-refractivity contribution in [3.8, 4) is 5.75 Å². The van der Waals surface area contributed by atoms with E-state index in [9.17, 15) is 0 Å². The van der Waals surface area contributed by atoms with E-state index in [-0.39, 0.29) is 0 Å². The number of aromatic nitrogens is 1. The topological polar surface area (TPSA) is 71.7 Å². The Morgan fingerprint density at radius 3 is 2.58 bits per heavy atom. The van der Waals surface area contributed by atoms with Gasteiger partial charge in [-0.05, 0) is 25.8 Å². The van der Waals surface area contributed by atoms with Gasteiger partial charge >= 0.3 is 0 Å². The van der Waals surface area contributed by atoms with E-state index in [0.29, 0.717) is 31.6 Å². The van der Waals surface area contributed by atoms with Crippen LogP contribution in [0.15, 0.2) is 39.8 Å². The predicted octanol–water partition coefficient (Wildman–Crippen LogP) is 3.84. The lowest BCUT2D eigenvalue weighted by molar-refractivity contribution is 0.336. The van der Waals surface area contributed by atoms with Gasteiger partial charge in [0.25, 0.3) is 0 Å². The Morgan fingerprint density at radius 1 is 1.15 bits per heavy atom. The first-order valence-corrected chi connectivity index (χ1v) is 9.32. The zero-order valence-corrected chi connectivity index (χ0v) is 16.2. The van der Waals surface area contributed by atoms with Crippen LogP contribution in [0.1, 0.15) is 56.5 Å². The van der Waals surface area contributed by atoms with Crippen LogP contribution < -0.4 is 15.4 Å². The summed E-state index contributed by atoms with van der Waals surface area (Å²) in [5.74, 6) is 2.87. The lowest BCUT2D eigenvalue weighted by Crippen LogP contribution is -2.36. The second kappa shape index (κ2) is 10.5. The third-order valence-corrected chi connectivity index (χ3v) is 4.35. The van der Waals surface area contributed by atoms with Crippen LogP contribution in [0.3, 0.4) is 0 Å². The van der Waals surface area contributed by atoms with Crippen molar-refractivity contribution in [1.29, 1.82) is 0 Å². The largest absolute Gasteiger partial charge is 0.494 e. The minimum Gasteiger partial charge on any atom is -0.494 e. The Balaban J connectivity index is 1.89. The average Bonchev–Trinajstić information content (AvgIpc) is 3.13. The average molecular weight is 358 g/mol. The minimum atomic E-state index is 0.458. The van der Waals surface area contributed by atoms with E-state index in [1.807, 2.05) is 37.3 Å². The monoisotopic (exact) mass is 358 g/mol. The molecule has 0 fully saturated rings. The van der Waals surface area contributed by atoms with Crippen LogP contribution >= 0.6 is 0 Å². The summed E-state index contributed by atoms with van der Waals surface area (Å²) < 4.78 is 11.1. The van der Waals surface area contributed by atoms with E-state index in [1.165, 1.54) is 0 Å². The van der Waals surface area contributed by atoms with Crippen molar-refractivity contribution < 1.29 is 9.26 Å². The molecule has 0 bridgehead atoms. The van der Waals surface area contributed by atoms with Crippen molar-refractivity contribution in [2.24, 2.45) is 4.99 Å². The molecule has 0 aliphatic heterocycles. The fourth-order valence-electron chi connectivity index (χ4n) is 2.83. The molecule has 0 atom stereocenters. The number of para-hydroxylation sites is 1. The highest BCUT2D eigenvalue weighted by Gasteiger charge is 2.13. The van der Waals surface area contributed by atoms with Gasteiger partial charge in [-0.25, -0.2) is 0 Å². The highest BCUT2D eigenvalue weighted by atomic mass is 16.5. The van der Waals surface area contributed by atoms with Crippen LogP contribution in [-0.2, 0) is 13.1 Å². The second-order valence-electron chi connectivity index (χ2n) is 6.05. The van der Waals surface area contributed by atoms with Crippen LogP contribution in [0.5, 0.6) is 5.75 Å². The van der Waals surface area contributed by atoms with Gasteiger partial charge < -0.3 is 19.9 Å². The van der Waals surface area contributed by atoms with Gasteiger partial charge in [-0.3, -0.25) is 4.99 Å². The van der Waals surface area contributed by atoms with Crippen molar-refractivity contribution in [3.05, 3.63) is 47.3 Å². The molecule has 1 aromatic heterocycles. The number of rotatable bonds is 9. The van der Waals surface area contributed by atoms with Crippen LogP contribution in [0.2, 0.25) is 0 Å². The number of aliphatic imine (C=N–C) groups is 1. The molecule has 2 rings (SSSR count). The maximum Gasteiger partial charge on any atom is 0.191 e. The number of nitrogens with one attached hydrogen (secondary N) is 2. The van der Waals surface area contributed by atoms with Crippen LogP contribution in [-0.4, -0.2) is 24.8 Å². The molecule has 0 spiro atoms. The van der Waals surface area contributed by atoms with Gasteiger partial charge in [0, 0.05) is 31.1 Å². The van der Waals surface area contributed by atoms with Crippen LogP contribution in [0.4, 0.5) is 0 Å². The van der Waals surface area contributed by atoms with Crippen molar-refractivity contribution in [1.82, 2.24) is 15.8 Å². The Bertz CT molecular complexity index is 693. The molecular weight excluding hydrogens is 328 g/mol. The number of guanidine groups is 1. The molecule has 2 N–H and O–H groups in total. The van der Waals surface area contributed by atoms with Gasteiger partial charge in [0.1, 0.15) is 5.75 Å². The molecule has 0 aliphatic carbocycles. The number of ether oxygens (including phenoxy) is 1. The maximum absolute atomic E-state index is 5.66. The molecule has 0 unspecified atom stereocenters. The van der Waals surface area contributed by atoms with Crippen molar-refractivity contribution in [2.45, 2.75) is 52.6 Å². The first-order chi connectivity index (χ1) is 12.7. The van der Waals surface area contributed by atoms with E-state index in [1.54, 1.807) is 7.05 Å². The molecule has 0 amide bonds. The predicted molar refractivity (Wildman–Crippen MR) is 104 cm³/mol. The van der Waals surface area contributed by atoms with Crippen molar-refractivity contribution in [3.63, 3.8) is 0 Å². The summed E-state index contributed by atoms with van der Waals surface area (Å²) in [6.45, 7) is 8.15. The number of nitrogens with zero attached hydrogens (tertiary/aromatic N) is 2. The molecular formula is C20H30N4O2. The Kier molecular flexibility index (Phi) is 7.99. The lowest BCUT2D eigenvalue weighted by atomic mass is 9.99. The SMILES string of the molecule is CCOc1ccccc1CNC(=NC)NCc1cc(C(CC)CC)no1. The molecule has 26 heavy (non-hydrogen) atoms. The summed E-state index contributed by atoms with van der Waals surface area (Å²) in [5.41, 5.74) is 2.12. The number of benzene rings is 1. The van der Waals surface area contributed by atoms with Crippen molar-refractivity contribution >= 4 is 5.96 Å². The normalized spacial score (nSPS) is 11.7. The van der Waals surface area contributed by atoms with Crippen molar-refractivity contribution in [2.75, 3.05) is 13.7 Å². The van der Waals surface area contributed by atoms with Crippen LogP contribution in [0, 0.1) is 0 Å². The maximum atomic E-state index is 5.66. The fourth-order valence-corrected chi connectivity index (χ4v) is 2.83. The minimum absolute atomic E-state index is 0.458. The first-order valence-electron chi connectivity index (χ1n) is 9.32. The molecule has 0 aliphatic rings. The summed E-state index contributed by atoms with van der Waals surface area (Å²) in [4.78, 5) is 4.26. The first kappa shape index (κ1) is 19.8. The molecule has 142 valence electrons. The fraction of sp³-hybridized carbons (Fsp3) is 0.500. The number of hydrogen-bond acceptors (Lipinski definition) is 4. The van der Waals surface area contributed by atoms with Gasteiger partial charge in [0.2, 0.25) is 0 Å². The van der Waals surface area contributed by atoms with E-state index >= 15 is 0 Å². The molecule has 6 nitrogen and oxygen atoms in total. The summed E-state index contributed by atoms with van der Waals surface area (Å²) in [5, 5.41) is 10.8. The highest BCUT2D eigenvalue weighted by Crippen LogP contribution is 2.22. The summed E-state index contributed by atoms with van der Waals surface area (Å²) in [6.07, 6.45) is 2.14. The summed E-state index contributed by atoms with van der Waals surface area (Å²) in [7, 11) is 1.75. The molecule has 2 aromatic rings. The number of hydrogen-bond donors (Lipinski definition) is 2. The standard InChI is InChI=1S/C20H30N4O2/c1-5-15(6-2)18-12-17(26-24-18)14-23-20(21-4)22-13-16-10-8-9-11-19(16)25-7-3/h8-12,15H,5-7,13-14H2,1-4H3,(H2,21,22,23). The Morgan fingerprint density at radius 2 is 1.88 bits per heavy atom. The lowest BCUT2D eigenvalue weighted by Gasteiger charge is -2.13. The molecule has 6 heteroatoms. The molecule has 0 saturated carbocycles. The zero-order chi connectivity index (χ0) is 18.8. The summed E-state index contributed by atoms with van der Waals surface area (Å²) >= 11 is 0. The van der Waals surface area contributed by atoms with Crippen LogP contribution in [0.25, 0.3) is 0 Å².